The molecule has 2 aliphatic carbocycles. The second-order valence-corrected chi connectivity index (χ2v) is 9.29. The average molecular weight is 397 g/mol. The first-order valence-corrected chi connectivity index (χ1v) is 10.4. The topological polar surface area (TPSA) is 58.9 Å². The summed E-state index contributed by atoms with van der Waals surface area (Å²) in [4.78, 5) is 0. The molecule has 0 aliphatic heterocycles. The van der Waals surface area contributed by atoms with Gasteiger partial charge in [0.25, 0.3) is 0 Å². The molecule has 2 aliphatic rings. The average Bonchev–Trinajstić information content (AvgIpc) is 2.65. The third-order valence-electron chi connectivity index (χ3n) is 7.62. The predicted molar refractivity (Wildman–Crippen MR) is 108 cm³/mol. The molecular weight excluding hydrogens is 364 g/mol. The second kappa shape index (κ2) is 7.81. The van der Waals surface area contributed by atoms with E-state index in [9.17, 15) is 10.2 Å². The number of rotatable bonds is 5. The molecule has 0 heterocycles. The Labute approximate surface area is 167 Å². The van der Waals surface area contributed by atoms with Gasteiger partial charge in [-0.15, -0.1) is 0 Å². The quantitative estimate of drug-likeness (QED) is 0.770. The molecule has 1 aromatic carbocycles. The Hall–Kier alpha value is -0.970. The molecule has 1 aromatic rings. The molecule has 0 amide bonds. The van der Waals surface area contributed by atoms with Gasteiger partial charge in [0.05, 0.1) is 25.3 Å². The summed E-state index contributed by atoms with van der Waals surface area (Å²) in [6, 6.07) is 3.78. The van der Waals surface area contributed by atoms with Gasteiger partial charge in [0.15, 0.2) is 0 Å². The minimum Gasteiger partial charge on any atom is -0.497 e. The number of aliphatic hydroxyl groups excluding tert-OH is 2. The van der Waals surface area contributed by atoms with E-state index >= 15 is 0 Å². The van der Waals surface area contributed by atoms with Crippen LogP contribution in [0, 0.1) is 22.7 Å². The minimum absolute atomic E-state index is 0.103. The number of hydrogen-bond donors (Lipinski definition) is 2. The molecule has 0 unspecified atom stereocenters. The van der Waals surface area contributed by atoms with E-state index in [1.807, 2.05) is 6.07 Å². The molecule has 5 atom stereocenters. The van der Waals surface area contributed by atoms with Crippen molar-refractivity contribution < 1.29 is 19.7 Å². The van der Waals surface area contributed by atoms with Gasteiger partial charge in [-0.3, -0.25) is 0 Å². The minimum atomic E-state index is -0.273. The Morgan fingerprint density at radius 2 is 1.89 bits per heavy atom. The number of aliphatic hydroxyl groups is 2. The summed E-state index contributed by atoms with van der Waals surface area (Å²) >= 11 is 6.66. The zero-order chi connectivity index (χ0) is 19.8. The lowest BCUT2D eigenvalue weighted by Gasteiger charge is -2.60. The Bertz CT molecular complexity index is 679. The maximum absolute atomic E-state index is 10.8. The van der Waals surface area contributed by atoms with E-state index in [1.54, 1.807) is 20.3 Å². The lowest BCUT2D eigenvalue weighted by Crippen LogP contribution is -2.56. The fourth-order valence-corrected chi connectivity index (χ4v) is 6.18. The highest BCUT2D eigenvalue weighted by atomic mass is 35.5. The van der Waals surface area contributed by atoms with Crippen LogP contribution in [0.4, 0.5) is 0 Å². The lowest BCUT2D eigenvalue weighted by atomic mass is 9.46. The zero-order valence-electron chi connectivity index (χ0n) is 16.9. The van der Waals surface area contributed by atoms with Crippen LogP contribution in [0.25, 0.3) is 0 Å². The third-order valence-corrected chi connectivity index (χ3v) is 8.05. The van der Waals surface area contributed by atoms with Gasteiger partial charge >= 0.3 is 0 Å². The maximum atomic E-state index is 10.8. The summed E-state index contributed by atoms with van der Waals surface area (Å²) in [6.07, 6.45) is 5.34. The van der Waals surface area contributed by atoms with Crippen molar-refractivity contribution in [3.05, 3.63) is 22.7 Å². The van der Waals surface area contributed by atoms with Gasteiger partial charge in [0.2, 0.25) is 0 Å². The molecule has 152 valence electrons. The molecule has 4 nitrogen and oxygen atoms in total. The second-order valence-electron chi connectivity index (χ2n) is 8.91. The number of methoxy groups -OCH3 is 2. The molecule has 3 rings (SSSR count). The monoisotopic (exact) mass is 396 g/mol. The zero-order valence-corrected chi connectivity index (χ0v) is 17.7. The number of benzene rings is 1. The highest BCUT2D eigenvalue weighted by molar-refractivity contribution is 6.32. The number of ether oxygens (including phenoxy) is 2. The lowest BCUT2D eigenvalue weighted by molar-refractivity contribution is -0.150. The van der Waals surface area contributed by atoms with Crippen LogP contribution in [-0.2, 0) is 6.42 Å². The summed E-state index contributed by atoms with van der Waals surface area (Å²) in [5.74, 6) is 1.86. The van der Waals surface area contributed by atoms with Crippen LogP contribution in [0.3, 0.4) is 0 Å². The van der Waals surface area contributed by atoms with Crippen molar-refractivity contribution >= 4 is 11.6 Å². The summed E-state index contributed by atoms with van der Waals surface area (Å²) in [6.45, 7) is 4.68. The molecule has 0 bridgehead atoms. The van der Waals surface area contributed by atoms with Crippen LogP contribution in [0.5, 0.6) is 11.5 Å². The molecule has 2 N–H and O–H groups in total. The van der Waals surface area contributed by atoms with Crippen molar-refractivity contribution in [1.82, 2.24) is 0 Å². The van der Waals surface area contributed by atoms with Gasteiger partial charge in [-0.2, -0.15) is 0 Å². The largest absolute Gasteiger partial charge is 0.497 e. The Morgan fingerprint density at radius 3 is 2.52 bits per heavy atom. The van der Waals surface area contributed by atoms with Crippen LogP contribution in [0.1, 0.15) is 51.5 Å². The maximum Gasteiger partial charge on any atom is 0.141 e. The first-order valence-electron chi connectivity index (χ1n) is 9.99. The van der Waals surface area contributed by atoms with E-state index in [0.717, 1.165) is 49.8 Å². The van der Waals surface area contributed by atoms with E-state index in [4.69, 9.17) is 21.1 Å². The standard InChI is InChI=1S/C22H33ClO4/c1-21-9-8-15(13-24)22(2,18(21)6-5-7-19(21)25)12-14-10-16(26-3)11-17(27-4)20(14)23/h10-11,15,18-19,24-25H,5-9,12-13H2,1-4H3/t15-,18-,19+,21+,22-/m1/s1. The third kappa shape index (κ3) is 3.45. The van der Waals surface area contributed by atoms with Crippen molar-refractivity contribution in [2.75, 3.05) is 20.8 Å². The Balaban J connectivity index is 2.04. The van der Waals surface area contributed by atoms with Gasteiger partial charge in [-0.05, 0) is 66.4 Å². The normalized spacial score (nSPS) is 36.2. The summed E-state index contributed by atoms with van der Waals surface area (Å²) in [7, 11) is 3.25. The van der Waals surface area contributed by atoms with Crippen molar-refractivity contribution in [2.45, 2.75) is 58.5 Å². The van der Waals surface area contributed by atoms with Gasteiger partial charge in [0.1, 0.15) is 11.5 Å². The molecule has 0 saturated heterocycles. The number of hydrogen-bond acceptors (Lipinski definition) is 4. The fourth-order valence-electron chi connectivity index (χ4n) is 5.93. The van der Waals surface area contributed by atoms with Crippen LogP contribution in [-0.4, -0.2) is 37.1 Å². The number of halogens is 1. The number of fused-ring (bicyclic) bond motifs is 1. The van der Waals surface area contributed by atoms with Gasteiger partial charge < -0.3 is 19.7 Å². The molecular formula is C22H33ClO4. The van der Waals surface area contributed by atoms with E-state index in [0.29, 0.717) is 16.7 Å². The molecule has 0 radical (unpaired) electrons. The van der Waals surface area contributed by atoms with Crippen molar-refractivity contribution in [1.29, 1.82) is 0 Å². The highest BCUT2D eigenvalue weighted by Gasteiger charge is 2.56. The van der Waals surface area contributed by atoms with Crippen LogP contribution >= 0.6 is 11.6 Å². The van der Waals surface area contributed by atoms with Crippen LogP contribution in [0.15, 0.2) is 12.1 Å². The van der Waals surface area contributed by atoms with Gasteiger partial charge in [-0.25, -0.2) is 0 Å². The SMILES string of the molecule is COc1cc(C[C@]2(C)[C@@H](CO)CC[C@@]3(C)[C@H]2CCC[C@@H]3O)c(Cl)c(OC)c1. The molecule has 0 aromatic heterocycles. The molecule has 2 saturated carbocycles. The molecule has 0 spiro atoms. The fraction of sp³-hybridized carbons (Fsp3) is 0.727. The van der Waals surface area contributed by atoms with E-state index in [1.165, 1.54) is 0 Å². The highest BCUT2D eigenvalue weighted by Crippen LogP contribution is 2.61. The van der Waals surface area contributed by atoms with Crippen molar-refractivity contribution in [3.63, 3.8) is 0 Å². The van der Waals surface area contributed by atoms with Gasteiger partial charge in [0, 0.05) is 12.7 Å². The van der Waals surface area contributed by atoms with E-state index < -0.39 is 0 Å². The Morgan fingerprint density at radius 1 is 1.15 bits per heavy atom. The Kier molecular flexibility index (Phi) is 6.00. The smallest absolute Gasteiger partial charge is 0.141 e. The van der Waals surface area contributed by atoms with Gasteiger partial charge in [-0.1, -0.05) is 31.9 Å². The molecule has 27 heavy (non-hydrogen) atoms. The van der Waals surface area contributed by atoms with Crippen LogP contribution in [0.2, 0.25) is 5.02 Å². The molecule has 2 fully saturated rings. The van der Waals surface area contributed by atoms with E-state index in [2.05, 4.69) is 13.8 Å². The first-order chi connectivity index (χ1) is 12.8. The first kappa shape index (κ1) is 20.8. The predicted octanol–water partition coefficient (Wildman–Crippen LogP) is 4.48. The van der Waals surface area contributed by atoms with Crippen molar-refractivity contribution in [3.8, 4) is 11.5 Å². The van der Waals surface area contributed by atoms with Crippen molar-refractivity contribution in [2.24, 2.45) is 22.7 Å². The van der Waals surface area contributed by atoms with E-state index in [-0.39, 0.29) is 29.5 Å². The van der Waals surface area contributed by atoms with Crippen LogP contribution < -0.4 is 9.47 Å². The summed E-state index contributed by atoms with van der Waals surface area (Å²) in [5, 5.41) is 21.6. The molecule has 5 heteroatoms. The summed E-state index contributed by atoms with van der Waals surface area (Å²) in [5.41, 5.74) is 0.733. The summed E-state index contributed by atoms with van der Waals surface area (Å²) < 4.78 is 10.9.